The molecule has 0 aliphatic rings. The summed E-state index contributed by atoms with van der Waals surface area (Å²) >= 11 is 0. The van der Waals surface area contributed by atoms with Gasteiger partial charge in [-0.05, 0) is 0 Å². The van der Waals surface area contributed by atoms with Crippen molar-refractivity contribution in [2.24, 2.45) is 0 Å². The molecule has 0 N–H and O–H groups in total. The van der Waals surface area contributed by atoms with E-state index in [9.17, 15) is 0 Å². The summed E-state index contributed by atoms with van der Waals surface area (Å²) in [5, 5.41) is 0. The second-order valence-corrected chi connectivity index (χ2v) is 1.50. The molecule has 0 atom stereocenters. The first-order valence-corrected chi connectivity index (χ1v) is 3.00. The third kappa shape index (κ3) is 18.1. The standard InChI is InChI=1S/C2H6Si.2Rb/c1-3-2;;/h1-2H3;;/q-1;2*+1. The van der Waals surface area contributed by atoms with Gasteiger partial charge in [0.25, 0.3) is 0 Å². The Kier molecular flexibility index (Phi) is 49.9. The molecule has 0 rings (SSSR count). The summed E-state index contributed by atoms with van der Waals surface area (Å²) in [6.07, 6.45) is 0. The maximum atomic E-state index is 2.15. The molecule has 0 aromatic rings. The first-order valence-electron chi connectivity index (χ1n) is 1.00. The van der Waals surface area contributed by atoms with Crippen LogP contribution in [-0.4, -0.2) is 9.52 Å². The van der Waals surface area contributed by atoms with Gasteiger partial charge >= 0.3 is 116 Å². The summed E-state index contributed by atoms with van der Waals surface area (Å²) in [5.41, 5.74) is 0. The summed E-state index contributed by atoms with van der Waals surface area (Å²) in [4.78, 5) is 0. The van der Waals surface area contributed by atoms with Crippen LogP contribution in [0, 0.1) is 0 Å². The van der Waals surface area contributed by atoms with Crippen molar-refractivity contribution in [3.63, 3.8) is 0 Å². The van der Waals surface area contributed by atoms with Gasteiger partial charge in [-0.3, -0.25) is 0 Å². The summed E-state index contributed by atoms with van der Waals surface area (Å²) in [7, 11) is 1.08. The van der Waals surface area contributed by atoms with Gasteiger partial charge in [-0.25, -0.2) is 13.1 Å². The van der Waals surface area contributed by atoms with Crippen molar-refractivity contribution in [3.8, 4) is 0 Å². The van der Waals surface area contributed by atoms with Crippen molar-refractivity contribution in [3.05, 3.63) is 0 Å². The van der Waals surface area contributed by atoms with Gasteiger partial charge in [0.15, 0.2) is 0 Å². The Morgan fingerprint density at radius 2 is 1.00 bits per heavy atom. The number of hydrogen-bond acceptors (Lipinski definition) is 0. The van der Waals surface area contributed by atoms with E-state index in [1.807, 2.05) is 0 Å². The van der Waals surface area contributed by atoms with Crippen molar-refractivity contribution in [1.82, 2.24) is 0 Å². The van der Waals surface area contributed by atoms with Crippen molar-refractivity contribution in [1.29, 1.82) is 0 Å². The fraction of sp³-hybridized carbons (Fsp3) is 1.00. The molecule has 0 fully saturated rings. The van der Waals surface area contributed by atoms with Crippen LogP contribution >= 0.6 is 0 Å². The van der Waals surface area contributed by atoms with Crippen molar-refractivity contribution in [2.45, 2.75) is 13.1 Å². The average Bonchev–Trinajstić information content (AvgIpc) is 0.918. The molecule has 0 unspecified atom stereocenters. The molecule has 0 saturated carbocycles. The van der Waals surface area contributed by atoms with Crippen LogP contribution in [0.4, 0.5) is 0 Å². The second-order valence-electron chi connectivity index (χ2n) is 0.500. The molecule has 1 radical (unpaired) electrons. The maximum absolute atomic E-state index is 2.15. The fourth-order valence-electron chi connectivity index (χ4n) is 0. The normalized spacial score (nSPS) is 3.60. The van der Waals surface area contributed by atoms with Crippen molar-refractivity contribution in [2.75, 3.05) is 0 Å². The Bertz CT molecular complexity index is 7.61. The maximum Gasteiger partial charge on any atom is 1.00 e. The Morgan fingerprint density at radius 3 is 1.00 bits per heavy atom. The summed E-state index contributed by atoms with van der Waals surface area (Å²) in [6.45, 7) is 4.31. The smallest absolute Gasteiger partial charge is 0.438 e. The number of hydrogen-bond donors (Lipinski definition) is 0. The van der Waals surface area contributed by atoms with Crippen molar-refractivity contribution < 1.29 is 116 Å². The minimum absolute atomic E-state index is 0. The van der Waals surface area contributed by atoms with E-state index in [1.165, 1.54) is 0 Å². The van der Waals surface area contributed by atoms with Gasteiger partial charge in [0.2, 0.25) is 0 Å². The molecule has 0 saturated heterocycles. The molecule has 19 valence electrons. The molecular weight excluding hydrogens is 223 g/mol. The SMILES string of the molecule is C[Si-]C.[Rb+].[Rb+]. The predicted octanol–water partition coefficient (Wildman–Crippen LogP) is -5.21. The van der Waals surface area contributed by atoms with Crippen LogP contribution in [0.2, 0.25) is 13.1 Å². The summed E-state index contributed by atoms with van der Waals surface area (Å²) in [6, 6.07) is 0. The predicted molar refractivity (Wildman–Crippen MR) is 17.5 cm³/mol. The third-order valence-corrected chi connectivity index (χ3v) is 0. The Balaban J connectivity index is -0.0000000200. The Morgan fingerprint density at radius 1 is 1.00 bits per heavy atom. The first-order chi connectivity index (χ1) is 1.41. The van der Waals surface area contributed by atoms with Gasteiger partial charge in [0.05, 0.1) is 0 Å². The summed E-state index contributed by atoms with van der Waals surface area (Å²) in [5.74, 6) is 0. The van der Waals surface area contributed by atoms with E-state index in [0.29, 0.717) is 0 Å². The zero-order chi connectivity index (χ0) is 2.71. The molecule has 0 amide bonds. The quantitative estimate of drug-likeness (QED) is 0.364. The molecular formula is C2H6Rb2Si+. The van der Waals surface area contributed by atoms with Gasteiger partial charge in [0.1, 0.15) is 0 Å². The van der Waals surface area contributed by atoms with E-state index in [0.717, 1.165) is 9.52 Å². The molecule has 0 heterocycles. The topological polar surface area (TPSA) is 0 Å². The van der Waals surface area contributed by atoms with Crippen LogP contribution in [0.3, 0.4) is 0 Å². The zero-order valence-corrected chi connectivity index (χ0v) is 15.3. The van der Waals surface area contributed by atoms with Crippen LogP contribution in [0.5, 0.6) is 0 Å². The summed E-state index contributed by atoms with van der Waals surface area (Å²) < 4.78 is 0. The van der Waals surface area contributed by atoms with E-state index < -0.39 is 0 Å². The minimum Gasteiger partial charge on any atom is -0.438 e. The molecule has 0 aliphatic heterocycles. The monoisotopic (exact) mass is 228 g/mol. The zero-order valence-electron chi connectivity index (χ0n) is 4.50. The molecule has 0 aromatic heterocycles. The molecule has 0 aromatic carbocycles. The van der Waals surface area contributed by atoms with E-state index in [2.05, 4.69) is 13.1 Å². The van der Waals surface area contributed by atoms with Gasteiger partial charge in [0, 0.05) is 0 Å². The number of rotatable bonds is 0. The Hall–Kier alpha value is 3.83. The van der Waals surface area contributed by atoms with Gasteiger partial charge < -0.3 is 9.52 Å². The van der Waals surface area contributed by atoms with E-state index in [1.54, 1.807) is 0 Å². The first kappa shape index (κ1) is 15.9. The fourth-order valence-corrected chi connectivity index (χ4v) is 0. The van der Waals surface area contributed by atoms with Crippen LogP contribution in [0.25, 0.3) is 0 Å². The molecule has 0 aliphatic carbocycles. The molecule has 0 nitrogen and oxygen atoms in total. The van der Waals surface area contributed by atoms with Crippen LogP contribution in [0.1, 0.15) is 0 Å². The van der Waals surface area contributed by atoms with Gasteiger partial charge in [-0.15, -0.1) is 0 Å². The van der Waals surface area contributed by atoms with Crippen LogP contribution < -0.4 is 116 Å². The molecule has 0 bridgehead atoms. The van der Waals surface area contributed by atoms with E-state index in [-0.39, 0.29) is 116 Å². The van der Waals surface area contributed by atoms with Gasteiger partial charge in [-0.2, -0.15) is 0 Å². The van der Waals surface area contributed by atoms with E-state index >= 15 is 0 Å². The van der Waals surface area contributed by atoms with Crippen LogP contribution in [0.15, 0.2) is 0 Å². The second kappa shape index (κ2) is 15.7. The molecule has 5 heavy (non-hydrogen) atoms. The Labute approximate surface area is 134 Å². The van der Waals surface area contributed by atoms with Crippen molar-refractivity contribution >= 4 is 9.52 Å². The third-order valence-electron chi connectivity index (χ3n) is 0. The molecule has 3 heteroatoms. The van der Waals surface area contributed by atoms with Crippen LogP contribution in [-0.2, 0) is 0 Å². The minimum atomic E-state index is 0. The largest absolute Gasteiger partial charge is 1.00 e. The average molecular weight is 229 g/mol. The molecule has 0 spiro atoms. The van der Waals surface area contributed by atoms with E-state index in [4.69, 9.17) is 0 Å². The van der Waals surface area contributed by atoms with Gasteiger partial charge in [-0.1, -0.05) is 0 Å².